The Kier molecular flexibility index (Phi) is 22.3. The van der Waals surface area contributed by atoms with Crippen molar-refractivity contribution in [3.63, 3.8) is 0 Å². The molecule has 0 bridgehead atoms. The molecular formula is C18H37KO4S. The molecule has 0 aliphatic rings. The van der Waals surface area contributed by atoms with Crippen LogP contribution in [0.3, 0.4) is 0 Å². The molecule has 0 aromatic carbocycles. The third-order valence-corrected chi connectivity index (χ3v) is 5.73. The van der Waals surface area contributed by atoms with Gasteiger partial charge in [0.25, 0.3) is 0 Å². The molecule has 0 saturated carbocycles. The van der Waals surface area contributed by atoms with Crippen molar-refractivity contribution >= 4 is 10.1 Å². The van der Waals surface area contributed by atoms with Crippen LogP contribution in [0, 0.1) is 0 Å². The van der Waals surface area contributed by atoms with E-state index in [1.54, 1.807) is 0 Å². The summed E-state index contributed by atoms with van der Waals surface area (Å²) in [5.41, 5.74) is 0. The van der Waals surface area contributed by atoms with E-state index < -0.39 is 15.4 Å². The number of unbranched alkanes of at least 4 members (excludes halogenated alkanes) is 13. The van der Waals surface area contributed by atoms with Gasteiger partial charge < -0.3 is 9.66 Å². The number of rotatable bonds is 17. The average Bonchev–Trinajstić information content (AvgIpc) is 2.50. The number of hydrogen-bond donors (Lipinski definition) is 1. The molecule has 0 rings (SSSR count). The second-order valence-corrected chi connectivity index (χ2v) is 8.56. The minimum Gasteiger partial charge on any atom is -0.748 e. The Morgan fingerprint density at radius 2 is 1.00 bits per heavy atom. The van der Waals surface area contributed by atoms with Gasteiger partial charge in [0.1, 0.15) is 0 Å². The van der Waals surface area contributed by atoms with E-state index in [-0.39, 0.29) is 51.4 Å². The van der Waals surface area contributed by atoms with Crippen LogP contribution >= 0.6 is 0 Å². The Balaban J connectivity index is 0. The molecule has 140 valence electrons. The van der Waals surface area contributed by atoms with Crippen LogP contribution in [0.15, 0.2) is 0 Å². The van der Waals surface area contributed by atoms with Crippen LogP contribution < -0.4 is 51.4 Å². The van der Waals surface area contributed by atoms with Gasteiger partial charge in [-0.2, -0.15) is 0 Å². The Morgan fingerprint density at radius 3 is 1.29 bits per heavy atom. The Labute approximate surface area is 192 Å². The molecule has 1 N–H and O–H groups in total. The zero-order valence-corrected chi connectivity index (χ0v) is 19.9. The number of hydrogen-bond acceptors (Lipinski definition) is 4. The Morgan fingerprint density at radius 1 is 0.708 bits per heavy atom. The molecule has 0 spiro atoms. The first-order valence-electron chi connectivity index (χ1n) is 9.54. The van der Waals surface area contributed by atoms with E-state index in [2.05, 4.69) is 0 Å². The molecule has 0 heterocycles. The third-order valence-electron chi connectivity index (χ3n) is 4.51. The summed E-state index contributed by atoms with van der Waals surface area (Å²) >= 11 is 0. The maximum absolute atomic E-state index is 10.7. The van der Waals surface area contributed by atoms with Gasteiger partial charge in [0.05, 0.1) is 10.1 Å². The van der Waals surface area contributed by atoms with Crippen LogP contribution in [0.1, 0.15) is 103 Å². The molecule has 24 heavy (non-hydrogen) atoms. The monoisotopic (exact) mass is 388 g/mol. The van der Waals surface area contributed by atoms with Gasteiger partial charge in [0.2, 0.25) is 0 Å². The SMILES string of the molecule is CC(CCCCCCCCCCCCCCCCO)S(=O)(=O)[O-].[K+]. The molecule has 0 saturated heterocycles. The fourth-order valence-corrected chi connectivity index (χ4v) is 3.26. The van der Waals surface area contributed by atoms with E-state index >= 15 is 0 Å². The molecule has 6 heteroatoms. The zero-order valence-electron chi connectivity index (χ0n) is 16.0. The van der Waals surface area contributed by atoms with Crippen molar-refractivity contribution < 1.29 is 69.5 Å². The normalized spacial score (nSPS) is 12.8. The fourth-order valence-electron chi connectivity index (χ4n) is 2.81. The quantitative estimate of drug-likeness (QED) is 0.234. The first-order chi connectivity index (χ1) is 11.0. The van der Waals surface area contributed by atoms with E-state index in [4.69, 9.17) is 5.11 Å². The molecule has 0 aliphatic heterocycles. The van der Waals surface area contributed by atoms with Crippen LogP contribution in [-0.4, -0.2) is 29.9 Å². The minimum absolute atomic E-state index is 0. The minimum atomic E-state index is -4.08. The molecule has 0 radical (unpaired) electrons. The Bertz CT molecular complexity index is 347. The molecular weight excluding hydrogens is 351 g/mol. The van der Waals surface area contributed by atoms with Gasteiger partial charge in [-0.05, 0) is 19.8 Å². The second kappa shape index (κ2) is 19.3. The summed E-state index contributed by atoms with van der Waals surface area (Å²) in [5.74, 6) is 0. The summed E-state index contributed by atoms with van der Waals surface area (Å²) in [6, 6.07) is 0. The average molecular weight is 389 g/mol. The van der Waals surface area contributed by atoms with Gasteiger partial charge in [0, 0.05) is 11.9 Å². The second-order valence-electron chi connectivity index (χ2n) is 6.77. The molecule has 0 fully saturated rings. The summed E-state index contributed by atoms with van der Waals surface area (Å²) in [6.07, 6.45) is 17.3. The fraction of sp³-hybridized carbons (Fsp3) is 1.00. The number of aliphatic hydroxyl groups excluding tert-OH is 1. The molecule has 0 aromatic heterocycles. The molecule has 0 aliphatic carbocycles. The standard InChI is InChI=1S/C18H38O4S.K/c1-18(23(20,21)22)16-14-12-10-8-6-4-2-3-5-7-9-11-13-15-17-19;/h18-19H,2-17H2,1H3,(H,20,21,22);/q;+1/p-1. The zero-order chi connectivity index (χ0) is 17.4. The molecule has 1 unspecified atom stereocenters. The van der Waals surface area contributed by atoms with Crippen molar-refractivity contribution in [3.05, 3.63) is 0 Å². The van der Waals surface area contributed by atoms with Gasteiger partial charge in [-0.25, -0.2) is 8.42 Å². The molecule has 1 atom stereocenters. The van der Waals surface area contributed by atoms with Crippen LogP contribution in [0.2, 0.25) is 0 Å². The van der Waals surface area contributed by atoms with Gasteiger partial charge in [-0.15, -0.1) is 0 Å². The van der Waals surface area contributed by atoms with Crippen molar-refractivity contribution in [1.82, 2.24) is 0 Å². The van der Waals surface area contributed by atoms with Gasteiger partial charge >= 0.3 is 51.4 Å². The summed E-state index contributed by atoms with van der Waals surface area (Å²) in [6.45, 7) is 1.84. The molecule has 0 aromatic rings. The van der Waals surface area contributed by atoms with Crippen LogP contribution in [0.5, 0.6) is 0 Å². The largest absolute Gasteiger partial charge is 1.00 e. The van der Waals surface area contributed by atoms with E-state index in [9.17, 15) is 13.0 Å². The summed E-state index contributed by atoms with van der Waals surface area (Å²) in [7, 11) is -4.08. The van der Waals surface area contributed by atoms with E-state index in [1.165, 1.54) is 64.7 Å². The van der Waals surface area contributed by atoms with E-state index in [1.807, 2.05) is 0 Å². The summed E-state index contributed by atoms with van der Waals surface area (Å²) < 4.78 is 32.2. The topological polar surface area (TPSA) is 77.4 Å². The third kappa shape index (κ3) is 19.8. The van der Waals surface area contributed by atoms with Crippen molar-refractivity contribution in [3.8, 4) is 0 Å². The number of aliphatic hydroxyl groups is 1. The van der Waals surface area contributed by atoms with Gasteiger partial charge in [-0.3, -0.25) is 0 Å². The first-order valence-corrected chi connectivity index (χ1v) is 11.0. The smallest absolute Gasteiger partial charge is 0.748 e. The van der Waals surface area contributed by atoms with Crippen molar-refractivity contribution in [1.29, 1.82) is 0 Å². The molecule has 0 amide bonds. The van der Waals surface area contributed by atoms with Crippen LogP contribution in [0.25, 0.3) is 0 Å². The van der Waals surface area contributed by atoms with E-state index in [0.717, 1.165) is 32.1 Å². The predicted octanol–water partition coefficient (Wildman–Crippen LogP) is 1.77. The maximum Gasteiger partial charge on any atom is 1.00 e. The van der Waals surface area contributed by atoms with E-state index in [0.29, 0.717) is 13.0 Å². The van der Waals surface area contributed by atoms with Gasteiger partial charge in [0.15, 0.2) is 0 Å². The van der Waals surface area contributed by atoms with Crippen molar-refractivity contribution in [2.75, 3.05) is 6.61 Å². The molecule has 4 nitrogen and oxygen atoms in total. The Hall–Kier alpha value is 1.51. The van der Waals surface area contributed by atoms with Crippen LogP contribution in [-0.2, 0) is 10.1 Å². The summed E-state index contributed by atoms with van der Waals surface area (Å²) in [5, 5.41) is 7.95. The summed E-state index contributed by atoms with van der Waals surface area (Å²) in [4.78, 5) is 0. The van der Waals surface area contributed by atoms with Crippen LogP contribution in [0.4, 0.5) is 0 Å². The van der Waals surface area contributed by atoms with Crippen molar-refractivity contribution in [2.24, 2.45) is 0 Å². The first kappa shape index (κ1) is 27.7. The van der Waals surface area contributed by atoms with Gasteiger partial charge in [-0.1, -0.05) is 83.5 Å². The predicted molar refractivity (Wildman–Crippen MR) is 95.5 cm³/mol. The van der Waals surface area contributed by atoms with Crippen molar-refractivity contribution in [2.45, 2.75) is 108 Å². The maximum atomic E-state index is 10.7.